The van der Waals surface area contributed by atoms with Crippen LogP contribution in [0.5, 0.6) is 0 Å². The van der Waals surface area contributed by atoms with Gasteiger partial charge in [0.05, 0.1) is 12.2 Å². The van der Waals surface area contributed by atoms with Gasteiger partial charge < -0.3 is 15.2 Å². The van der Waals surface area contributed by atoms with E-state index in [2.05, 4.69) is 5.32 Å². The van der Waals surface area contributed by atoms with Crippen molar-refractivity contribution in [2.45, 2.75) is 18.9 Å². The number of ether oxygens (including phenoxy) is 1. The van der Waals surface area contributed by atoms with Crippen LogP contribution < -0.4 is 5.32 Å². The smallest absolute Gasteiger partial charge is 0.337 e. The average molecular weight is 356 g/mol. The molecule has 0 fully saturated rings. The second kappa shape index (κ2) is 7.17. The lowest BCUT2D eigenvalue weighted by Crippen LogP contribution is -2.47. The van der Waals surface area contributed by atoms with E-state index in [1.54, 1.807) is 19.1 Å². The predicted octanol–water partition coefficient (Wildman–Crippen LogP) is 3.11. The zero-order chi connectivity index (χ0) is 17.0. The van der Waals surface area contributed by atoms with Gasteiger partial charge in [-0.2, -0.15) is 0 Å². The third-order valence-corrected chi connectivity index (χ3v) is 3.69. The lowest BCUT2D eigenvalue weighted by Gasteiger charge is -2.29. The number of amides is 1. The lowest BCUT2D eigenvalue weighted by molar-refractivity contribution is -0.145. The molecular weight excluding hydrogens is 341 g/mol. The van der Waals surface area contributed by atoms with Crippen LogP contribution in [0.1, 0.15) is 13.3 Å². The summed E-state index contributed by atoms with van der Waals surface area (Å²) in [5.74, 6) is -1.50. The molecule has 0 radical (unpaired) electrons. The number of allylic oxidation sites excluding steroid dienone is 2. The maximum atomic E-state index is 12.5. The van der Waals surface area contributed by atoms with Crippen molar-refractivity contribution >= 4 is 40.8 Å². The number of nitrogens with one attached hydrogen (secondary N) is 1. The van der Waals surface area contributed by atoms with Crippen molar-refractivity contribution in [2.75, 3.05) is 11.9 Å². The fourth-order valence-electron chi connectivity index (χ4n) is 2.17. The molecule has 122 valence electrons. The Balaban J connectivity index is 2.27. The van der Waals surface area contributed by atoms with E-state index >= 15 is 0 Å². The molecule has 0 saturated carbocycles. The van der Waals surface area contributed by atoms with Crippen LogP contribution in [0.4, 0.5) is 5.69 Å². The molecule has 23 heavy (non-hydrogen) atoms. The monoisotopic (exact) mass is 355 g/mol. The van der Waals surface area contributed by atoms with Crippen molar-refractivity contribution in [3.05, 3.63) is 52.0 Å². The van der Waals surface area contributed by atoms with Crippen LogP contribution in [0.25, 0.3) is 0 Å². The molecule has 0 bridgehead atoms. The molecule has 1 unspecified atom stereocenters. The Morgan fingerprint density at radius 1 is 1.30 bits per heavy atom. The van der Waals surface area contributed by atoms with Crippen LogP contribution in [0, 0.1) is 0 Å². The SMILES string of the molecule is CCOC(=O)C1=CC=CCC1(O)C(=O)Nc1cc(Cl)cc(Cl)c1. The zero-order valence-electron chi connectivity index (χ0n) is 12.3. The van der Waals surface area contributed by atoms with Crippen LogP contribution in [-0.4, -0.2) is 29.2 Å². The number of carbonyl (C=O) groups is 2. The van der Waals surface area contributed by atoms with Crippen LogP contribution in [0.3, 0.4) is 0 Å². The Morgan fingerprint density at radius 3 is 2.57 bits per heavy atom. The summed E-state index contributed by atoms with van der Waals surface area (Å²) in [6, 6.07) is 4.49. The van der Waals surface area contributed by atoms with Gasteiger partial charge >= 0.3 is 5.97 Å². The Bertz CT molecular complexity index is 679. The van der Waals surface area contributed by atoms with Crippen molar-refractivity contribution in [3.63, 3.8) is 0 Å². The molecule has 1 amide bonds. The first-order chi connectivity index (χ1) is 10.9. The highest BCUT2D eigenvalue weighted by molar-refractivity contribution is 6.35. The summed E-state index contributed by atoms with van der Waals surface area (Å²) in [6.45, 7) is 1.78. The minimum absolute atomic E-state index is 0.0439. The normalized spacial score (nSPS) is 19.9. The van der Waals surface area contributed by atoms with Crippen molar-refractivity contribution in [3.8, 4) is 0 Å². The minimum atomic E-state index is -2.02. The highest BCUT2D eigenvalue weighted by Crippen LogP contribution is 2.30. The largest absolute Gasteiger partial charge is 0.463 e. The number of anilines is 1. The molecule has 0 heterocycles. The summed E-state index contributed by atoms with van der Waals surface area (Å²) in [5, 5.41) is 13.9. The third kappa shape index (κ3) is 3.93. The van der Waals surface area contributed by atoms with Crippen molar-refractivity contribution < 1.29 is 19.4 Å². The van der Waals surface area contributed by atoms with E-state index in [1.807, 2.05) is 0 Å². The maximum Gasteiger partial charge on any atom is 0.337 e. The predicted molar refractivity (Wildman–Crippen MR) is 88.5 cm³/mol. The molecule has 1 aromatic carbocycles. The molecule has 1 aliphatic carbocycles. The quantitative estimate of drug-likeness (QED) is 0.813. The van der Waals surface area contributed by atoms with Gasteiger partial charge in [0, 0.05) is 22.2 Å². The van der Waals surface area contributed by atoms with E-state index in [4.69, 9.17) is 27.9 Å². The molecule has 0 aromatic heterocycles. The standard InChI is InChI=1S/C16H15Cl2NO4/c1-2-23-14(20)13-5-3-4-6-16(13,22)15(21)19-12-8-10(17)7-11(18)9-12/h3-5,7-9,22H,2,6H2,1H3,(H,19,21). The van der Waals surface area contributed by atoms with Gasteiger partial charge in [-0.1, -0.05) is 35.4 Å². The summed E-state index contributed by atoms with van der Waals surface area (Å²) >= 11 is 11.8. The molecule has 5 nitrogen and oxygen atoms in total. The van der Waals surface area contributed by atoms with Gasteiger partial charge in [-0.15, -0.1) is 0 Å². The van der Waals surface area contributed by atoms with Crippen LogP contribution in [0.2, 0.25) is 10.0 Å². The molecule has 2 rings (SSSR count). The van der Waals surface area contributed by atoms with Crippen LogP contribution in [0.15, 0.2) is 42.0 Å². The number of aliphatic hydroxyl groups is 1. The molecule has 0 spiro atoms. The van der Waals surface area contributed by atoms with E-state index in [0.717, 1.165) is 0 Å². The van der Waals surface area contributed by atoms with Crippen molar-refractivity contribution in [1.82, 2.24) is 0 Å². The van der Waals surface area contributed by atoms with E-state index < -0.39 is 17.5 Å². The van der Waals surface area contributed by atoms with E-state index in [1.165, 1.54) is 24.3 Å². The number of carbonyl (C=O) groups excluding carboxylic acids is 2. The molecule has 7 heteroatoms. The molecule has 2 N–H and O–H groups in total. The number of hydrogen-bond donors (Lipinski definition) is 2. The van der Waals surface area contributed by atoms with Crippen LogP contribution in [-0.2, 0) is 14.3 Å². The Labute approximate surface area is 143 Å². The molecular formula is C16H15Cl2NO4. The molecule has 1 aliphatic rings. The second-order valence-electron chi connectivity index (χ2n) is 4.91. The summed E-state index contributed by atoms with van der Waals surface area (Å²) in [5.41, 5.74) is -1.82. The number of benzene rings is 1. The van der Waals surface area contributed by atoms with Crippen LogP contribution >= 0.6 is 23.2 Å². The number of esters is 1. The van der Waals surface area contributed by atoms with Gasteiger partial charge in [0.2, 0.25) is 0 Å². The number of halogens is 2. The maximum absolute atomic E-state index is 12.5. The second-order valence-corrected chi connectivity index (χ2v) is 5.78. The fourth-order valence-corrected chi connectivity index (χ4v) is 2.70. The summed E-state index contributed by atoms with van der Waals surface area (Å²) < 4.78 is 4.89. The zero-order valence-corrected chi connectivity index (χ0v) is 13.8. The van der Waals surface area contributed by atoms with Gasteiger partial charge in [0.1, 0.15) is 0 Å². The highest BCUT2D eigenvalue weighted by atomic mass is 35.5. The van der Waals surface area contributed by atoms with Crippen molar-refractivity contribution in [1.29, 1.82) is 0 Å². The van der Waals surface area contributed by atoms with Gasteiger partial charge in [-0.05, 0) is 31.2 Å². The summed E-state index contributed by atoms with van der Waals surface area (Å²) in [6.07, 6.45) is 4.50. The first-order valence-corrected chi connectivity index (χ1v) is 7.66. The van der Waals surface area contributed by atoms with Gasteiger partial charge in [0.25, 0.3) is 5.91 Å². The number of hydrogen-bond acceptors (Lipinski definition) is 4. The topological polar surface area (TPSA) is 75.6 Å². The Morgan fingerprint density at radius 2 is 1.96 bits per heavy atom. The Kier molecular flexibility index (Phi) is 5.46. The summed E-state index contributed by atoms with van der Waals surface area (Å²) in [7, 11) is 0. The molecule has 0 aliphatic heterocycles. The highest BCUT2D eigenvalue weighted by Gasteiger charge is 2.44. The Hall–Kier alpha value is -1.82. The molecule has 0 saturated heterocycles. The van der Waals surface area contributed by atoms with Gasteiger partial charge in [-0.25, -0.2) is 4.79 Å². The van der Waals surface area contributed by atoms with E-state index in [0.29, 0.717) is 15.7 Å². The van der Waals surface area contributed by atoms with Crippen molar-refractivity contribution in [2.24, 2.45) is 0 Å². The van der Waals surface area contributed by atoms with E-state index in [9.17, 15) is 14.7 Å². The summed E-state index contributed by atoms with van der Waals surface area (Å²) in [4.78, 5) is 24.5. The first kappa shape index (κ1) is 17.5. The fraction of sp³-hybridized carbons (Fsp3) is 0.250. The molecule has 1 aromatic rings. The molecule has 1 atom stereocenters. The number of rotatable bonds is 4. The minimum Gasteiger partial charge on any atom is -0.463 e. The van der Waals surface area contributed by atoms with E-state index in [-0.39, 0.29) is 18.6 Å². The van der Waals surface area contributed by atoms with Gasteiger partial charge in [0.15, 0.2) is 5.60 Å². The average Bonchev–Trinajstić information content (AvgIpc) is 2.46. The first-order valence-electron chi connectivity index (χ1n) is 6.91. The lowest BCUT2D eigenvalue weighted by atomic mass is 9.85. The van der Waals surface area contributed by atoms with Gasteiger partial charge in [-0.3, -0.25) is 4.79 Å². The third-order valence-electron chi connectivity index (χ3n) is 3.25.